The molecule has 2 aromatic rings. The number of aryl methyl sites for hydroxylation is 1. The molecule has 0 saturated heterocycles. The Kier molecular flexibility index (Phi) is 5.97. The number of alkyl halides is 2. The first-order chi connectivity index (χ1) is 11.4. The Labute approximate surface area is 142 Å². The molecule has 0 unspecified atom stereocenters. The maximum atomic E-state index is 12.3. The van der Waals surface area contributed by atoms with Crippen molar-refractivity contribution in [3.63, 3.8) is 0 Å². The van der Waals surface area contributed by atoms with Gasteiger partial charge in [-0.2, -0.15) is 13.9 Å². The van der Waals surface area contributed by atoms with Crippen LogP contribution in [0.3, 0.4) is 0 Å². The predicted octanol–water partition coefficient (Wildman–Crippen LogP) is 3.10. The topological polar surface area (TPSA) is 65.4 Å². The van der Waals surface area contributed by atoms with Crippen LogP contribution in [0.4, 0.5) is 8.78 Å². The Bertz CT molecular complexity index is 722. The minimum Gasteiger partial charge on any atom is -0.493 e. The van der Waals surface area contributed by atoms with Crippen molar-refractivity contribution < 1.29 is 23.0 Å². The number of benzene rings is 1. The van der Waals surface area contributed by atoms with E-state index in [1.165, 1.54) is 25.3 Å². The van der Waals surface area contributed by atoms with E-state index in [1.807, 2.05) is 6.92 Å². The molecule has 1 amide bonds. The lowest BCUT2D eigenvalue weighted by Gasteiger charge is -2.11. The zero-order valence-electron chi connectivity index (χ0n) is 13.1. The molecule has 2 rings (SSSR count). The van der Waals surface area contributed by atoms with E-state index in [9.17, 15) is 13.6 Å². The number of hydrogen-bond donors (Lipinski definition) is 1. The van der Waals surface area contributed by atoms with E-state index in [1.54, 1.807) is 10.9 Å². The van der Waals surface area contributed by atoms with Crippen molar-refractivity contribution in [2.75, 3.05) is 7.11 Å². The highest BCUT2D eigenvalue weighted by molar-refractivity contribution is 6.31. The van der Waals surface area contributed by atoms with Crippen LogP contribution in [0, 0.1) is 0 Å². The summed E-state index contributed by atoms with van der Waals surface area (Å²) in [5.74, 6) is -0.524. The molecular weight excluding hydrogens is 344 g/mol. The molecule has 24 heavy (non-hydrogen) atoms. The fraction of sp³-hybridized carbons (Fsp3) is 0.333. The molecule has 0 fully saturated rings. The molecule has 0 aliphatic carbocycles. The first-order valence-electron chi connectivity index (χ1n) is 7.07. The molecule has 0 spiro atoms. The summed E-state index contributed by atoms with van der Waals surface area (Å²) in [7, 11) is 1.30. The molecule has 0 radical (unpaired) electrons. The second kappa shape index (κ2) is 7.96. The highest BCUT2D eigenvalue weighted by atomic mass is 35.5. The van der Waals surface area contributed by atoms with Crippen molar-refractivity contribution in [3.8, 4) is 11.5 Å². The molecule has 0 saturated carbocycles. The summed E-state index contributed by atoms with van der Waals surface area (Å²) in [6.07, 6.45) is 1.67. The van der Waals surface area contributed by atoms with Crippen molar-refractivity contribution in [3.05, 3.63) is 40.7 Å². The number of rotatable bonds is 7. The number of nitrogens with one attached hydrogen (secondary N) is 1. The number of methoxy groups -OCH3 is 1. The lowest BCUT2D eigenvalue weighted by Crippen LogP contribution is -2.23. The maximum Gasteiger partial charge on any atom is 0.387 e. The van der Waals surface area contributed by atoms with E-state index in [-0.39, 0.29) is 23.6 Å². The molecular formula is C15H16ClF2N3O3. The van der Waals surface area contributed by atoms with Gasteiger partial charge in [0.25, 0.3) is 5.91 Å². The SMILES string of the molecule is CCn1cc(Cl)c(CNC(=O)c2ccc(OC(F)F)c(OC)c2)n1. The second-order valence-electron chi connectivity index (χ2n) is 4.71. The van der Waals surface area contributed by atoms with Crippen LogP contribution in [0.15, 0.2) is 24.4 Å². The monoisotopic (exact) mass is 359 g/mol. The molecule has 9 heteroatoms. The van der Waals surface area contributed by atoms with E-state index in [4.69, 9.17) is 16.3 Å². The van der Waals surface area contributed by atoms with E-state index < -0.39 is 12.5 Å². The molecule has 1 aromatic heterocycles. The largest absolute Gasteiger partial charge is 0.493 e. The lowest BCUT2D eigenvalue weighted by molar-refractivity contribution is -0.0512. The standard InChI is InChI=1S/C15H16ClF2N3O3/c1-3-21-8-10(16)11(20-21)7-19-14(22)9-4-5-12(24-15(17)18)13(6-9)23-2/h4-6,8,15H,3,7H2,1-2H3,(H,19,22). The number of ether oxygens (including phenoxy) is 2. The minimum atomic E-state index is -2.98. The highest BCUT2D eigenvalue weighted by Crippen LogP contribution is 2.29. The Balaban J connectivity index is 2.07. The third kappa shape index (κ3) is 4.35. The van der Waals surface area contributed by atoms with Gasteiger partial charge in [-0.3, -0.25) is 9.48 Å². The average Bonchev–Trinajstić information content (AvgIpc) is 2.92. The van der Waals surface area contributed by atoms with Crippen LogP contribution in [0.5, 0.6) is 11.5 Å². The molecule has 0 atom stereocenters. The number of nitrogens with zero attached hydrogens (tertiary/aromatic N) is 2. The second-order valence-corrected chi connectivity index (χ2v) is 5.11. The Morgan fingerprint density at radius 2 is 2.17 bits per heavy atom. The van der Waals surface area contributed by atoms with Gasteiger partial charge < -0.3 is 14.8 Å². The summed E-state index contributed by atoms with van der Waals surface area (Å²) in [5.41, 5.74) is 0.774. The summed E-state index contributed by atoms with van der Waals surface area (Å²) < 4.78 is 35.5. The van der Waals surface area contributed by atoms with Crippen LogP contribution >= 0.6 is 11.6 Å². The highest BCUT2D eigenvalue weighted by Gasteiger charge is 2.15. The first-order valence-corrected chi connectivity index (χ1v) is 7.45. The van der Waals surface area contributed by atoms with Gasteiger partial charge in [-0.25, -0.2) is 0 Å². The zero-order chi connectivity index (χ0) is 17.7. The van der Waals surface area contributed by atoms with Crippen molar-refractivity contribution in [2.24, 2.45) is 0 Å². The van der Waals surface area contributed by atoms with Gasteiger partial charge in [0, 0.05) is 18.3 Å². The molecule has 1 aromatic carbocycles. The lowest BCUT2D eigenvalue weighted by atomic mass is 10.2. The Morgan fingerprint density at radius 3 is 2.75 bits per heavy atom. The van der Waals surface area contributed by atoms with Gasteiger partial charge in [-0.1, -0.05) is 11.6 Å². The maximum absolute atomic E-state index is 12.3. The normalized spacial score (nSPS) is 10.8. The third-order valence-electron chi connectivity index (χ3n) is 3.17. The van der Waals surface area contributed by atoms with Gasteiger partial charge in [-0.15, -0.1) is 0 Å². The molecule has 1 N–H and O–H groups in total. The fourth-order valence-corrected chi connectivity index (χ4v) is 2.20. The number of aromatic nitrogens is 2. The van der Waals surface area contributed by atoms with E-state index >= 15 is 0 Å². The number of carbonyl (C=O) groups excluding carboxylic acids is 1. The zero-order valence-corrected chi connectivity index (χ0v) is 13.8. The van der Waals surface area contributed by atoms with Crippen molar-refractivity contribution in [1.29, 1.82) is 0 Å². The van der Waals surface area contributed by atoms with Gasteiger partial charge >= 0.3 is 6.61 Å². The summed E-state index contributed by atoms with van der Waals surface area (Å²) in [5, 5.41) is 7.33. The Hall–Kier alpha value is -2.35. The van der Waals surface area contributed by atoms with Crippen LogP contribution in [0.25, 0.3) is 0 Å². The number of hydrogen-bond acceptors (Lipinski definition) is 4. The summed E-state index contributed by atoms with van der Waals surface area (Å²) >= 11 is 6.03. The fourth-order valence-electron chi connectivity index (χ4n) is 1.99. The summed E-state index contributed by atoms with van der Waals surface area (Å²) in [4.78, 5) is 12.2. The van der Waals surface area contributed by atoms with Crippen LogP contribution in [0.2, 0.25) is 5.02 Å². The average molecular weight is 360 g/mol. The van der Waals surface area contributed by atoms with Crippen molar-refractivity contribution >= 4 is 17.5 Å². The molecule has 0 bridgehead atoms. The van der Waals surface area contributed by atoms with Gasteiger partial charge in [0.05, 0.1) is 18.7 Å². The molecule has 130 valence electrons. The van der Waals surface area contributed by atoms with Crippen LogP contribution < -0.4 is 14.8 Å². The van der Waals surface area contributed by atoms with E-state index in [0.717, 1.165) is 0 Å². The number of carbonyl (C=O) groups is 1. The van der Waals surface area contributed by atoms with E-state index in [2.05, 4.69) is 15.2 Å². The molecule has 0 aliphatic heterocycles. The third-order valence-corrected chi connectivity index (χ3v) is 3.49. The van der Waals surface area contributed by atoms with Crippen LogP contribution in [-0.4, -0.2) is 29.4 Å². The smallest absolute Gasteiger partial charge is 0.387 e. The summed E-state index contributed by atoms with van der Waals surface area (Å²) in [6, 6.07) is 3.93. The minimum absolute atomic E-state index is 0.0382. The first kappa shape index (κ1) is 18.0. The van der Waals surface area contributed by atoms with Gasteiger partial charge in [0.1, 0.15) is 5.69 Å². The van der Waals surface area contributed by atoms with Gasteiger partial charge in [0.2, 0.25) is 0 Å². The molecule has 0 aliphatic rings. The quantitative estimate of drug-likeness (QED) is 0.825. The van der Waals surface area contributed by atoms with Crippen LogP contribution in [-0.2, 0) is 13.1 Å². The molecule has 6 nitrogen and oxygen atoms in total. The summed E-state index contributed by atoms with van der Waals surface area (Å²) in [6.45, 7) is -0.255. The van der Waals surface area contributed by atoms with Gasteiger partial charge in [0.15, 0.2) is 11.5 Å². The van der Waals surface area contributed by atoms with Crippen molar-refractivity contribution in [1.82, 2.24) is 15.1 Å². The Morgan fingerprint density at radius 1 is 1.42 bits per heavy atom. The van der Waals surface area contributed by atoms with Gasteiger partial charge in [-0.05, 0) is 25.1 Å². The molecule has 1 heterocycles. The van der Waals surface area contributed by atoms with Crippen LogP contribution in [0.1, 0.15) is 23.0 Å². The number of amides is 1. The van der Waals surface area contributed by atoms with E-state index in [0.29, 0.717) is 17.3 Å². The van der Waals surface area contributed by atoms with Crippen molar-refractivity contribution in [2.45, 2.75) is 26.6 Å². The number of halogens is 3. The predicted molar refractivity (Wildman–Crippen MR) is 83.7 cm³/mol.